The van der Waals surface area contributed by atoms with Crippen LogP contribution in [0.2, 0.25) is 0 Å². The zero-order valence-electron chi connectivity index (χ0n) is 4.91. The smallest absolute Gasteiger partial charge is 1.00 e. The van der Waals surface area contributed by atoms with Gasteiger partial charge in [-0.25, -0.2) is 0 Å². The first-order chi connectivity index (χ1) is 2.00. The van der Waals surface area contributed by atoms with Crippen molar-refractivity contribution < 1.29 is 87.4 Å². The van der Waals surface area contributed by atoms with E-state index < -0.39 is 10.4 Å². The normalized spacial score (nSPS) is 7.25. The zero-order valence-corrected chi connectivity index (χ0v) is 9.84. The summed E-state index contributed by atoms with van der Waals surface area (Å²) >= 11 is 0. The Kier molecular flexibility index (Phi) is 26.1. The van der Waals surface area contributed by atoms with Crippen LogP contribution in [0.15, 0.2) is 0 Å². The van der Waals surface area contributed by atoms with Crippen LogP contribution in [0.25, 0.3) is 0 Å². The van der Waals surface area contributed by atoms with Crippen LogP contribution in [0.4, 0.5) is 0 Å². The van der Waals surface area contributed by atoms with Crippen molar-refractivity contribution >= 4 is 22.8 Å². The fourth-order valence-corrected chi connectivity index (χ4v) is 0. The summed E-state index contributed by atoms with van der Waals surface area (Å²) in [5.41, 5.74) is 0. The van der Waals surface area contributed by atoms with Crippen molar-refractivity contribution in [2.75, 3.05) is 0 Å². The first-order valence-electron chi connectivity index (χ1n) is 0.698. The molecule has 0 bridgehead atoms. The second kappa shape index (κ2) is 9.32. The predicted molar refractivity (Wildman–Crippen MR) is 22.5 cm³/mol. The van der Waals surface area contributed by atoms with Crippen molar-refractivity contribution in [2.45, 2.75) is 0 Å². The molecule has 4 nitrogen and oxygen atoms in total. The summed E-state index contributed by atoms with van der Waals surface area (Å²) in [6.07, 6.45) is 0. The molecule has 0 fully saturated rings. The van der Waals surface area contributed by atoms with Crippen molar-refractivity contribution in [3.63, 3.8) is 0 Å². The van der Waals surface area contributed by atoms with E-state index in [4.69, 9.17) is 17.5 Å². The zero-order chi connectivity index (χ0) is 4.50. The molecular formula is H4ClKMnO4S. The van der Waals surface area contributed by atoms with E-state index in [1.54, 1.807) is 0 Å². The maximum absolute atomic E-state index is 8.74. The number of halogens is 1. The Labute approximate surface area is 108 Å². The molecule has 0 atom stereocenters. The minimum absolute atomic E-state index is 0. The molecule has 0 heterocycles. The van der Waals surface area contributed by atoms with Gasteiger partial charge in [-0.2, -0.15) is 8.42 Å². The molecule has 0 aliphatic rings. The van der Waals surface area contributed by atoms with Gasteiger partial charge in [0.05, 0.1) is 0 Å². The predicted octanol–water partition coefficient (Wildman–Crippen LogP) is -3.12. The molecule has 49 valence electrons. The topological polar surface area (TPSA) is 74.6 Å². The van der Waals surface area contributed by atoms with Gasteiger partial charge in [0.25, 0.3) is 0 Å². The summed E-state index contributed by atoms with van der Waals surface area (Å²) in [4.78, 5) is 0. The summed E-state index contributed by atoms with van der Waals surface area (Å²) in [7, 11) is -4.67. The molecule has 1 radical (unpaired) electrons. The first-order valence-corrected chi connectivity index (χ1v) is 2.10. The van der Waals surface area contributed by atoms with Crippen LogP contribution in [-0.4, -0.2) is 17.5 Å². The summed E-state index contributed by atoms with van der Waals surface area (Å²) in [6.45, 7) is 0. The minimum atomic E-state index is -4.67. The molecule has 0 amide bonds. The Hall–Kier alpha value is 2.32. The SMILES string of the molecule is Cl.O=S(=O)(O)O.[H-].[K+].[Mn]. The molecule has 0 saturated carbocycles. The molecule has 0 saturated heterocycles. The van der Waals surface area contributed by atoms with E-state index in [0.29, 0.717) is 0 Å². The Morgan fingerprint density at radius 1 is 1.25 bits per heavy atom. The van der Waals surface area contributed by atoms with E-state index in [1.807, 2.05) is 0 Å². The molecule has 0 spiro atoms. The van der Waals surface area contributed by atoms with Crippen LogP contribution in [0.5, 0.6) is 0 Å². The summed E-state index contributed by atoms with van der Waals surface area (Å²) < 4.78 is 31.6. The van der Waals surface area contributed by atoms with Gasteiger partial charge in [-0.05, 0) is 0 Å². The summed E-state index contributed by atoms with van der Waals surface area (Å²) in [6, 6.07) is 0. The van der Waals surface area contributed by atoms with E-state index in [9.17, 15) is 0 Å². The summed E-state index contributed by atoms with van der Waals surface area (Å²) in [5, 5.41) is 0. The van der Waals surface area contributed by atoms with Gasteiger partial charge < -0.3 is 1.43 Å². The Balaban J connectivity index is -0.0000000133. The monoisotopic (exact) mass is 229 g/mol. The Bertz CT molecular complexity index is 104. The van der Waals surface area contributed by atoms with E-state index in [0.717, 1.165) is 0 Å². The van der Waals surface area contributed by atoms with Gasteiger partial charge in [-0.3, -0.25) is 9.11 Å². The second-order valence-corrected chi connectivity index (χ2v) is 1.34. The first kappa shape index (κ1) is 22.4. The van der Waals surface area contributed by atoms with Crippen LogP contribution >= 0.6 is 12.4 Å². The third kappa shape index (κ3) is 83.0. The number of hydrogen-bond donors (Lipinski definition) is 2. The Morgan fingerprint density at radius 2 is 1.25 bits per heavy atom. The van der Waals surface area contributed by atoms with Gasteiger partial charge in [0.15, 0.2) is 0 Å². The molecule has 0 aromatic rings. The van der Waals surface area contributed by atoms with Crippen molar-refractivity contribution in [1.82, 2.24) is 0 Å². The minimum Gasteiger partial charge on any atom is -1.00 e. The molecule has 0 aliphatic carbocycles. The third-order valence-electron chi connectivity index (χ3n) is 0. The van der Waals surface area contributed by atoms with E-state index in [2.05, 4.69) is 0 Å². The standard InChI is InChI=1S/ClH.K.Mn.H2O4S.H/c;;;1-5(2,3)4;/h1H;;;(H2,1,2,3,4);/q;+1;;;-1. The van der Waals surface area contributed by atoms with Crippen LogP contribution in [0.1, 0.15) is 1.43 Å². The fraction of sp³-hybridized carbons (Fsp3) is 0. The molecule has 8 heteroatoms. The van der Waals surface area contributed by atoms with Crippen molar-refractivity contribution in [1.29, 1.82) is 0 Å². The molecule has 0 unspecified atom stereocenters. The largest absolute Gasteiger partial charge is 1.00 e. The van der Waals surface area contributed by atoms with E-state index in [1.165, 1.54) is 0 Å². The van der Waals surface area contributed by atoms with Crippen molar-refractivity contribution in [3.8, 4) is 0 Å². The molecular weight excluding hydrogens is 226 g/mol. The van der Waals surface area contributed by atoms with Gasteiger partial charge >= 0.3 is 61.8 Å². The molecule has 2 N–H and O–H groups in total. The van der Waals surface area contributed by atoms with E-state index in [-0.39, 0.29) is 82.3 Å². The average Bonchev–Trinajstić information content (AvgIpc) is 0.722. The number of hydrogen-bond acceptors (Lipinski definition) is 2. The summed E-state index contributed by atoms with van der Waals surface area (Å²) in [5.74, 6) is 0. The number of rotatable bonds is 0. The van der Waals surface area contributed by atoms with Crippen LogP contribution in [-0.2, 0) is 27.5 Å². The van der Waals surface area contributed by atoms with Gasteiger partial charge in [0.2, 0.25) is 0 Å². The second-order valence-electron chi connectivity index (χ2n) is 0.448. The quantitative estimate of drug-likeness (QED) is 0.341. The Morgan fingerprint density at radius 3 is 1.25 bits per heavy atom. The molecule has 0 aromatic carbocycles. The average molecular weight is 230 g/mol. The van der Waals surface area contributed by atoms with Gasteiger partial charge in [0.1, 0.15) is 0 Å². The fourth-order valence-electron chi connectivity index (χ4n) is 0. The van der Waals surface area contributed by atoms with Crippen LogP contribution < -0.4 is 51.4 Å². The molecule has 0 aromatic heterocycles. The molecule has 8 heavy (non-hydrogen) atoms. The van der Waals surface area contributed by atoms with Crippen molar-refractivity contribution in [2.24, 2.45) is 0 Å². The maximum Gasteiger partial charge on any atom is 1.00 e. The maximum atomic E-state index is 8.74. The third-order valence-corrected chi connectivity index (χ3v) is 0. The van der Waals surface area contributed by atoms with Crippen LogP contribution in [0.3, 0.4) is 0 Å². The van der Waals surface area contributed by atoms with Gasteiger partial charge in [-0.1, -0.05) is 0 Å². The van der Waals surface area contributed by atoms with Crippen LogP contribution in [0, 0.1) is 0 Å². The van der Waals surface area contributed by atoms with Gasteiger partial charge in [0, 0.05) is 17.1 Å². The van der Waals surface area contributed by atoms with Crippen molar-refractivity contribution in [3.05, 3.63) is 0 Å². The molecule has 0 rings (SSSR count). The van der Waals surface area contributed by atoms with E-state index >= 15 is 0 Å². The molecule has 0 aliphatic heterocycles. The van der Waals surface area contributed by atoms with Gasteiger partial charge in [-0.15, -0.1) is 12.4 Å².